The molecule has 1 fully saturated rings. The van der Waals surface area contributed by atoms with Crippen LogP contribution in [-0.4, -0.2) is 67.4 Å². The normalized spacial score (nSPS) is 17.1. The topological polar surface area (TPSA) is 69.1 Å². The predicted octanol–water partition coefficient (Wildman–Crippen LogP) is 3.09. The number of hydrogen-bond acceptors (Lipinski definition) is 4. The highest BCUT2D eigenvalue weighted by molar-refractivity contribution is 14.0. The van der Waals surface area contributed by atoms with Crippen molar-refractivity contribution >= 4 is 29.9 Å². The molecule has 1 saturated heterocycles. The molecule has 0 aliphatic carbocycles. The highest BCUT2D eigenvalue weighted by Gasteiger charge is 2.20. The minimum atomic E-state index is -0.584. The summed E-state index contributed by atoms with van der Waals surface area (Å²) in [5, 5.41) is 17.2. The number of halogens is 1. The van der Waals surface area contributed by atoms with Gasteiger partial charge in [0.25, 0.3) is 0 Å². The number of aryl methyl sites for hydroxylation is 1. The monoisotopic (exact) mass is 518 g/mol. The number of likely N-dealkylation sites (tertiary alicyclic amines) is 1. The van der Waals surface area contributed by atoms with Crippen LogP contribution in [0.2, 0.25) is 0 Å². The second kappa shape index (κ2) is 14.2. The lowest BCUT2D eigenvalue weighted by Gasteiger charge is -2.33. The molecule has 1 aliphatic heterocycles. The van der Waals surface area contributed by atoms with Crippen molar-refractivity contribution in [3.63, 3.8) is 0 Å². The zero-order valence-electron chi connectivity index (χ0n) is 18.4. The summed E-state index contributed by atoms with van der Waals surface area (Å²) in [7, 11) is 0. The molecule has 0 bridgehead atoms. The summed E-state index contributed by atoms with van der Waals surface area (Å²) in [5.41, 5.74) is 2.10. The van der Waals surface area contributed by atoms with Crippen LogP contribution in [0.15, 0.2) is 29.3 Å². The lowest BCUT2D eigenvalue weighted by Crippen LogP contribution is -2.49. The molecule has 6 nitrogen and oxygen atoms in total. The van der Waals surface area contributed by atoms with Crippen LogP contribution < -0.4 is 10.6 Å². The van der Waals surface area contributed by atoms with Crippen LogP contribution in [0, 0.1) is 6.92 Å². The van der Waals surface area contributed by atoms with Crippen molar-refractivity contribution < 1.29 is 9.84 Å². The smallest absolute Gasteiger partial charge is 0.191 e. The van der Waals surface area contributed by atoms with Gasteiger partial charge in [0.1, 0.15) is 0 Å². The highest BCUT2D eigenvalue weighted by atomic mass is 127. The van der Waals surface area contributed by atoms with Crippen LogP contribution >= 0.6 is 24.0 Å². The Morgan fingerprint density at radius 3 is 2.48 bits per heavy atom. The van der Waals surface area contributed by atoms with Crippen molar-refractivity contribution in [2.75, 3.05) is 39.3 Å². The number of rotatable bonds is 9. The van der Waals surface area contributed by atoms with E-state index in [2.05, 4.69) is 41.3 Å². The van der Waals surface area contributed by atoms with Crippen molar-refractivity contribution in [3.05, 3.63) is 35.4 Å². The molecule has 1 aromatic carbocycles. The van der Waals surface area contributed by atoms with Crippen LogP contribution in [0.5, 0.6) is 0 Å². The minimum Gasteiger partial charge on any atom is -0.386 e. The van der Waals surface area contributed by atoms with Crippen molar-refractivity contribution in [1.82, 2.24) is 15.5 Å². The molecule has 1 aliphatic rings. The van der Waals surface area contributed by atoms with Gasteiger partial charge >= 0.3 is 0 Å². The lowest BCUT2D eigenvalue weighted by molar-refractivity contribution is 0.0532. The molecule has 0 saturated carbocycles. The quantitative estimate of drug-likeness (QED) is 0.267. The Balaban J connectivity index is 0.00000420. The number of guanidine groups is 1. The van der Waals surface area contributed by atoms with E-state index >= 15 is 0 Å². The van der Waals surface area contributed by atoms with Gasteiger partial charge in [-0.1, -0.05) is 29.8 Å². The molecule has 166 valence electrons. The Bertz CT molecular complexity index is 587. The van der Waals surface area contributed by atoms with E-state index in [-0.39, 0.29) is 24.0 Å². The SMILES string of the molecule is CCNC(=NCC(O)c1ccc(C)cc1)NC1CCN(CCOC(C)C)CC1.I. The molecule has 0 radical (unpaired) electrons. The fourth-order valence-corrected chi connectivity index (χ4v) is 3.30. The fourth-order valence-electron chi connectivity index (χ4n) is 3.30. The maximum Gasteiger partial charge on any atom is 0.191 e. The number of aliphatic imine (C=N–C) groups is 1. The van der Waals surface area contributed by atoms with E-state index in [9.17, 15) is 5.11 Å². The molecule has 0 spiro atoms. The third kappa shape index (κ3) is 10.1. The number of nitrogens with one attached hydrogen (secondary N) is 2. The Morgan fingerprint density at radius 2 is 1.90 bits per heavy atom. The summed E-state index contributed by atoms with van der Waals surface area (Å²) in [4.78, 5) is 7.07. The lowest BCUT2D eigenvalue weighted by atomic mass is 10.1. The zero-order valence-corrected chi connectivity index (χ0v) is 20.7. The van der Waals surface area contributed by atoms with Gasteiger partial charge in [0.05, 0.1) is 25.4 Å². The molecule has 0 aromatic heterocycles. The van der Waals surface area contributed by atoms with E-state index < -0.39 is 6.10 Å². The molecule has 1 atom stereocenters. The summed E-state index contributed by atoms with van der Waals surface area (Å²) < 4.78 is 5.66. The summed E-state index contributed by atoms with van der Waals surface area (Å²) in [5.74, 6) is 0.787. The van der Waals surface area contributed by atoms with Crippen LogP contribution in [0.1, 0.15) is 50.8 Å². The first-order valence-corrected chi connectivity index (χ1v) is 10.6. The van der Waals surface area contributed by atoms with Gasteiger partial charge in [-0.2, -0.15) is 0 Å². The minimum absolute atomic E-state index is 0. The molecular weight excluding hydrogens is 479 g/mol. The predicted molar refractivity (Wildman–Crippen MR) is 131 cm³/mol. The fraction of sp³-hybridized carbons (Fsp3) is 0.682. The van der Waals surface area contributed by atoms with E-state index in [0.717, 1.165) is 57.2 Å². The molecule has 1 unspecified atom stereocenters. The molecular formula is C22H39IN4O2. The van der Waals surface area contributed by atoms with Gasteiger partial charge in [-0.05, 0) is 46.1 Å². The van der Waals surface area contributed by atoms with E-state index in [1.807, 2.05) is 31.2 Å². The van der Waals surface area contributed by atoms with Gasteiger partial charge in [-0.25, -0.2) is 0 Å². The summed E-state index contributed by atoms with van der Waals surface area (Å²) >= 11 is 0. The Morgan fingerprint density at radius 1 is 1.24 bits per heavy atom. The van der Waals surface area contributed by atoms with Crippen molar-refractivity contribution in [2.45, 2.75) is 58.8 Å². The number of aliphatic hydroxyl groups excluding tert-OH is 1. The maximum atomic E-state index is 10.4. The van der Waals surface area contributed by atoms with Gasteiger partial charge in [0.2, 0.25) is 0 Å². The summed E-state index contributed by atoms with van der Waals surface area (Å²) in [6, 6.07) is 8.39. The average molecular weight is 518 g/mol. The van der Waals surface area contributed by atoms with E-state index in [1.54, 1.807) is 0 Å². The van der Waals surface area contributed by atoms with E-state index in [1.165, 1.54) is 5.56 Å². The molecule has 0 amide bonds. The first-order valence-electron chi connectivity index (χ1n) is 10.6. The largest absolute Gasteiger partial charge is 0.386 e. The molecule has 2 rings (SSSR count). The molecule has 3 N–H and O–H groups in total. The number of aliphatic hydroxyl groups is 1. The number of piperidine rings is 1. The number of ether oxygens (including phenoxy) is 1. The van der Waals surface area contributed by atoms with Crippen molar-refractivity contribution in [2.24, 2.45) is 4.99 Å². The standard InChI is InChI=1S/C22H38N4O2.HI/c1-5-23-22(24-16-21(27)19-8-6-18(4)7-9-19)25-20-10-12-26(13-11-20)14-15-28-17(2)3;/h6-9,17,20-21,27H,5,10-16H2,1-4H3,(H2,23,24,25);1H. The molecule has 29 heavy (non-hydrogen) atoms. The van der Waals surface area contributed by atoms with Crippen LogP contribution in [0.4, 0.5) is 0 Å². The van der Waals surface area contributed by atoms with Crippen molar-refractivity contribution in [3.8, 4) is 0 Å². The van der Waals surface area contributed by atoms with Gasteiger partial charge in [0.15, 0.2) is 5.96 Å². The first kappa shape index (κ1) is 26.1. The third-order valence-electron chi connectivity index (χ3n) is 5.02. The molecule has 1 heterocycles. The van der Waals surface area contributed by atoms with Crippen LogP contribution in [0.25, 0.3) is 0 Å². The number of hydrogen-bond donors (Lipinski definition) is 3. The van der Waals surface area contributed by atoms with Crippen molar-refractivity contribution in [1.29, 1.82) is 0 Å². The Hall–Kier alpha value is -0.900. The Kier molecular flexibility index (Phi) is 12.8. The second-order valence-electron chi connectivity index (χ2n) is 7.83. The Labute approximate surface area is 193 Å². The van der Waals surface area contributed by atoms with E-state index in [4.69, 9.17) is 4.74 Å². The second-order valence-corrected chi connectivity index (χ2v) is 7.83. The third-order valence-corrected chi connectivity index (χ3v) is 5.02. The first-order chi connectivity index (χ1) is 13.5. The summed E-state index contributed by atoms with van der Waals surface area (Å²) in [6.45, 7) is 13.4. The molecule has 7 heteroatoms. The van der Waals surface area contributed by atoms with Gasteiger partial charge in [0, 0.05) is 32.2 Å². The zero-order chi connectivity index (χ0) is 20.4. The number of nitrogens with zero attached hydrogens (tertiary/aromatic N) is 2. The van der Waals surface area contributed by atoms with Crippen LogP contribution in [-0.2, 0) is 4.74 Å². The molecule has 1 aromatic rings. The van der Waals surface area contributed by atoms with Gasteiger partial charge in [-0.15, -0.1) is 24.0 Å². The van der Waals surface area contributed by atoms with Gasteiger partial charge in [-0.3, -0.25) is 4.99 Å². The summed E-state index contributed by atoms with van der Waals surface area (Å²) in [6.07, 6.45) is 1.89. The number of benzene rings is 1. The highest BCUT2D eigenvalue weighted by Crippen LogP contribution is 2.14. The average Bonchev–Trinajstić information content (AvgIpc) is 2.67. The van der Waals surface area contributed by atoms with Crippen LogP contribution in [0.3, 0.4) is 0 Å². The van der Waals surface area contributed by atoms with E-state index in [0.29, 0.717) is 18.7 Å². The maximum absolute atomic E-state index is 10.4. The van der Waals surface area contributed by atoms with Gasteiger partial charge < -0.3 is 25.4 Å².